The standard InChI is InChI=1S/C13H16F3N3O/c14-13(15,16)4-1-12(20)19-5-2-10(3-6-19)11-7-17-9-18-8-11/h7-10H,1-6H2. The van der Waals surface area contributed by atoms with Crippen LogP contribution in [0.3, 0.4) is 0 Å². The van der Waals surface area contributed by atoms with Crippen LogP contribution in [0.5, 0.6) is 0 Å². The Balaban J connectivity index is 1.81. The zero-order valence-electron chi connectivity index (χ0n) is 10.9. The summed E-state index contributed by atoms with van der Waals surface area (Å²) in [6.07, 6.45) is 0.670. The minimum Gasteiger partial charge on any atom is -0.343 e. The summed E-state index contributed by atoms with van der Waals surface area (Å²) in [6.45, 7) is 0.993. The van der Waals surface area contributed by atoms with Crippen molar-refractivity contribution in [3.8, 4) is 0 Å². The van der Waals surface area contributed by atoms with Crippen molar-refractivity contribution in [1.29, 1.82) is 0 Å². The lowest BCUT2D eigenvalue weighted by molar-refractivity contribution is -0.149. The number of likely N-dealkylation sites (tertiary alicyclic amines) is 1. The van der Waals surface area contributed by atoms with Crippen LogP contribution in [0, 0.1) is 0 Å². The van der Waals surface area contributed by atoms with Crippen molar-refractivity contribution in [2.75, 3.05) is 13.1 Å². The fourth-order valence-electron chi connectivity index (χ4n) is 2.39. The Labute approximate surface area is 115 Å². The third-order valence-corrected chi connectivity index (χ3v) is 3.52. The molecule has 0 radical (unpaired) electrons. The second-order valence-corrected chi connectivity index (χ2v) is 4.94. The number of rotatable bonds is 3. The Kier molecular flexibility index (Phi) is 4.57. The van der Waals surface area contributed by atoms with E-state index in [4.69, 9.17) is 0 Å². The summed E-state index contributed by atoms with van der Waals surface area (Å²) in [6, 6.07) is 0. The lowest BCUT2D eigenvalue weighted by Crippen LogP contribution is -2.38. The molecule has 0 bridgehead atoms. The van der Waals surface area contributed by atoms with Gasteiger partial charge in [0.25, 0.3) is 0 Å². The molecular weight excluding hydrogens is 271 g/mol. The molecule has 0 atom stereocenters. The molecule has 1 aromatic rings. The fraction of sp³-hybridized carbons (Fsp3) is 0.615. The molecule has 4 nitrogen and oxygen atoms in total. The zero-order valence-corrected chi connectivity index (χ0v) is 10.9. The van der Waals surface area contributed by atoms with E-state index in [1.807, 2.05) is 0 Å². The second-order valence-electron chi connectivity index (χ2n) is 4.94. The number of alkyl halides is 3. The second kappa shape index (κ2) is 6.19. The number of nitrogens with zero attached hydrogens (tertiary/aromatic N) is 3. The van der Waals surface area contributed by atoms with E-state index in [0.717, 1.165) is 18.4 Å². The molecule has 1 aliphatic heterocycles. The van der Waals surface area contributed by atoms with E-state index in [1.165, 1.54) is 11.2 Å². The summed E-state index contributed by atoms with van der Waals surface area (Å²) >= 11 is 0. The van der Waals surface area contributed by atoms with Crippen LogP contribution >= 0.6 is 0 Å². The minimum atomic E-state index is -4.27. The third kappa shape index (κ3) is 4.18. The molecular formula is C13H16F3N3O. The Bertz CT molecular complexity index is 442. The van der Waals surface area contributed by atoms with Gasteiger partial charge in [0.05, 0.1) is 6.42 Å². The van der Waals surface area contributed by atoms with Crippen LogP contribution in [-0.2, 0) is 4.79 Å². The van der Waals surface area contributed by atoms with Gasteiger partial charge in [-0.05, 0) is 24.3 Å². The van der Waals surface area contributed by atoms with Crippen LogP contribution in [0.4, 0.5) is 13.2 Å². The van der Waals surface area contributed by atoms with Gasteiger partial charge in [-0.25, -0.2) is 9.97 Å². The minimum absolute atomic E-state index is 0.280. The lowest BCUT2D eigenvalue weighted by Gasteiger charge is -2.32. The molecule has 0 aliphatic carbocycles. The molecule has 7 heteroatoms. The summed E-state index contributed by atoms with van der Waals surface area (Å²) in [4.78, 5) is 21.1. The molecule has 0 spiro atoms. The molecule has 0 saturated carbocycles. The number of hydrogen-bond acceptors (Lipinski definition) is 3. The molecule has 1 aromatic heterocycles. The smallest absolute Gasteiger partial charge is 0.343 e. The quantitative estimate of drug-likeness (QED) is 0.858. The highest BCUT2D eigenvalue weighted by Gasteiger charge is 2.30. The first-order valence-corrected chi connectivity index (χ1v) is 6.55. The summed E-state index contributed by atoms with van der Waals surface area (Å²) in [7, 11) is 0. The van der Waals surface area contributed by atoms with Crippen LogP contribution in [0.25, 0.3) is 0 Å². The predicted octanol–water partition coefficient (Wildman–Crippen LogP) is 2.53. The molecule has 1 aliphatic rings. The van der Waals surface area contributed by atoms with Crippen molar-refractivity contribution in [2.24, 2.45) is 0 Å². The van der Waals surface area contributed by atoms with Crippen LogP contribution in [0.2, 0.25) is 0 Å². The highest BCUT2D eigenvalue weighted by molar-refractivity contribution is 5.76. The average Bonchev–Trinajstić information content (AvgIpc) is 2.45. The van der Waals surface area contributed by atoms with Crippen molar-refractivity contribution in [3.05, 3.63) is 24.3 Å². The highest BCUT2D eigenvalue weighted by Crippen LogP contribution is 2.28. The predicted molar refractivity (Wildman–Crippen MR) is 65.9 cm³/mol. The summed E-state index contributed by atoms with van der Waals surface area (Å²) in [5, 5.41) is 0. The maximum Gasteiger partial charge on any atom is 0.389 e. The number of carbonyl (C=O) groups is 1. The Morgan fingerprint density at radius 3 is 2.40 bits per heavy atom. The third-order valence-electron chi connectivity index (χ3n) is 3.52. The molecule has 1 saturated heterocycles. The van der Waals surface area contributed by atoms with Crippen molar-refractivity contribution >= 4 is 5.91 Å². The van der Waals surface area contributed by atoms with Gasteiger partial charge in [-0.15, -0.1) is 0 Å². The van der Waals surface area contributed by atoms with Crippen molar-refractivity contribution in [1.82, 2.24) is 14.9 Å². The van der Waals surface area contributed by atoms with E-state index < -0.39 is 24.9 Å². The maximum atomic E-state index is 12.1. The Hall–Kier alpha value is -1.66. The largest absolute Gasteiger partial charge is 0.389 e. The maximum absolute atomic E-state index is 12.1. The van der Waals surface area contributed by atoms with Crippen LogP contribution in [0.1, 0.15) is 37.2 Å². The molecule has 0 unspecified atom stereocenters. The van der Waals surface area contributed by atoms with Gasteiger partial charge in [-0.1, -0.05) is 0 Å². The van der Waals surface area contributed by atoms with Gasteiger partial charge in [-0.3, -0.25) is 4.79 Å². The van der Waals surface area contributed by atoms with Gasteiger partial charge >= 0.3 is 6.18 Å². The first kappa shape index (κ1) is 14.7. The molecule has 1 fully saturated rings. The number of halogens is 3. The first-order valence-electron chi connectivity index (χ1n) is 6.55. The van der Waals surface area contributed by atoms with E-state index in [9.17, 15) is 18.0 Å². The van der Waals surface area contributed by atoms with E-state index in [2.05, 4.69) is 9.97 Å². The first-order chi connectivity index (χ1) is 9.46. The van der Waals surface area contributed by atoms with E-state index in [1.54, 1.807) is 12.4 Å². The topological polar surface area (TPSA) is 46.1 Å². The number of amides is 1. The van der Waals surface area contributed by atoms with Gasteiger partial charge in [-0.2, -0.15) is 13.2 Å². The van der Waals surface area contributed by atoms with E-state index in [0.29, 0.717) is 13.1 Å². The average molecular weight is 287 g/mol. The monoisotopic (exact) mass is 287 g/mol. The Morgan fingerprint density at radius 1 is 1.25 bits per heavy atom. The van der Waals surface area contributed by atoms with Crippen LogP contribution < -0.4 is 0 Å². The van der Waals surface area contributed by atoms with Gasteiger partial charge in [0, 0.05) is 31.9 Å². The van der Waals surface area contributed by atoms with E-state index >= 15 is 0 Å². The number of hydrogen-bond donors (Lipinski definition) is 0. The SMILES string of the molecule is O=C(CCC(F)(F)F)N1CCC(c2cncnc2)CC1. The summed E-state index contributed by atoms with van der Waals surface area (Å²) in [5.74, 6) is -0.132. The number of aromatic nitrogens is 2. The molecule has 20 heavy (non-hydrogen) atoms. The van der Waals surface area contributed by atoms with Gasteiger partial charge < -0.3 is 4.90 Å². The van der Waals surface area contributed by atoms with Crippen molar-refractivity contribution < 1.29 is 18.0 Å². The molecule has 1 amide bonds. The lowest BCUT2D eigenvalue weighted by atomic mass is 9.91. The molecule has 2 heterocycles. The number of piperidine rings is 1. The summed E-state index contributed by atoms with van der Waals surface area (Å²) in [5.41, 5.74) is 1.02. The summed E-state index contributed by atoms with van der Waals surface area (Å²) < 4.78 is 36.2. The fourth-order valence-corrected chi connectivity index (χ4v) is 2.39. The van der Waals surface area contributed by atoms with Crippen LogP contribution in [-0.4, -0.2) is 40.0 Å². The van der Waals surface area contributed by atoms with Crippen molar-refractivity contribution in [2.45, 2.75) is 37.8 Å². The van der Waals surface area contributed by atoms with Crippen LogP contribution in [0.15, 0.2) is 18.7 Å². The normalized spacial score (nSPS) is 17.2. The van der Waals surface area contributed by atoms with E-state index in [-0.39, 0.29) is 5.92 Å². The molecule has 0 N–H and O–H groups in total. The molecule has 110 valence electrons. The van der Waals surface area contributed by atoms with Gasteiger partial charge in [0.15, 0.2) is 0 Å². The Morgan fingerprint density at radius 2 is 1.85 bits per heavy atom. The van der Waals surface area contributed by atoms with Gasteiger partial charge in [0.1, 0.15) is 6.33 Å². The number of carbonyl (C=O) groups excluding carboxylic acids is 1. The molecule has 0 aromatic carbocycles. The zero-order chi connectivity index (χ0) is 14.6. The highest BCUT2D eigenvalue weighted by atomic mass is 19.4. The van der Waals surface area contributed by atoms with Crippen molar-refractivity contribution in [3.63, 3.8) is 0 Å². The van der Waals surface area contributed by atoms with Gasteiger partial charge in [0.2, 0.25) is 5.91 Å². The molecule has 2 rings (SSSR count).